The SMILES string of the molecule is C[C@@H]1CN(c2cc(F)c(-c3nc(C(=O)N4CCOCC4)cs3)cc2NC(=O)C2=CNC(O)C=C2C(F)(F)F)C[C@H](C)N1C. The Balaban J connectivity index is 1.51. The van der Waals surface area contributed by atoms with Gasteiger partial charge in [0.1, 0.15) is 22.7 Å². The number of rotatable bonds is 5. The number of alkyl halides is 3. The maximum absolute atomic E-state index is 15.8. The summed E-state index contributed by atoms with van der Waals surface area (Å²) in [5.41, 5.74) is -1.54. The molecule has 15 heteroatoms. The van der Waals surface area contributed by atoms with E-state index in [-0.39, 0.29) is 39.9 Å². The highest BCUT2D eigenvalue weighted by molar-refractivity contribution is 7.13. The Morgan fingerprint density at radius 2 is 1.84 bits per heavy atom. The molecule has 3 aliphatic rings. The number of amides is 2. The molecule has 0 spiro atoms. The van der Waals surface area contributed by atoms with Gasteiger partial charge in [0.25, 0.3) is 11.8 Å². The number of halogens is 4. The van der Waals surface area contributed by atoms with Crippen LogP contribution in [0.2, 0.25) is 0 Å². The lowest BCUT2D eigenvalue weighted by Gasteiger charge is -2.44. The molecule has 5 rings (SSSR count). The number of nitrogens with zero attached hydrogens (tertiary/aromatic N) is 4. The fraction of sp³-hybridized carbons (Fsp3) is 0.464. The van der Waals surface area contributed by atoms with Crippen molar-refractivity contribution in [3.05, 3.63) is 52.4 Å². The van der Waals surface area contributed by atoms with Crippen molar-refractivity contribution in [3.63, 3.8) is 0 Å². The second-order valence-electron chi connectivity index (χ2n) is 10.8. The van der Waals surface area contributed by atoms with E-state index in [2.05, 4.69) is 20.5 Å². The van der Waals surface area contributed by atoms with Crippen LogP contribution in [0.4, 0.5) is 28.9 Å². The van der Waals surface area contributed by atoms with Crippen molar-refractivity contribution in [2.45, 2.75) is 38.3 Å². The maximum Gasteiger partial charge on any atom is 0.417 e. The molecule has 4 heterocycles. The fourth-order valence-electron chi connectivity index (χ4n) is 5.28. The van der Waals surface area contributed by atoms with E-state index in [0.717, 1.165) is 17.5 Å². The van der Waals surface area contributed by atoms with E-state index < -0.39 is 35.3 Å². The van der Waals surface area contributed by atoms with E-state index in [9.17, 15) is 27.9 Å². The summed E-state index contributed by atoms with van der Waals surface area (Å²) >= 11 is 1.04. The molecule has 10 nitrogen and oxygen atoms in total. The molecule has 43 heavy (non-hydrogen) atoms. The van der Waals surface area contributed by atoms with Gasteiger partial charge in [-0.25, -0.2) is 9.37 Å². The van der Waals surface area contributed by atoms with Gasteiger partial charge in [-0.05, 0) is 33.0 Å². The highest BCUT2D eigenvalue weighted by Gasteiger charge is 2.40. The quantitative estimate of drug-likeness (QED) is 0.436. The summed E-state index contributed by atoms with van der Waals surface area (Å²) in [5.74, 6) is -2.08. The minimum Gasteiger partial charge on any atom is -0.378 e. The van der Waals surface area contributed by atoms with Gasteiger partial charge < -0.3 is 30.3 Å². The molecular formula is C28H32F4N6O4S. The number of aromatic nitrogens is 1. The van der Waals surface area contributed by atoms with Gasteiger partial charge in [0.05, 0.1) is 35.7 Å². The Morgan fingerprint density at radius 1 is 1.16 bits per heavy atom. The zero-order valence-corrected chi connectivity index (χ0v) is 24.6. The van der Waals surface area contributed by atoms with Crippen molar-refractivity contribution in [1.29, 1.82) is 0 Å². The lowest BCUT2D eigenvalue weighted by Crippen LogP contribution is -2.55. The number of hydrogen-bond acceptors (Lipinski definition) is 9. The number of dihydropyridines is 1. The Morgan fingerprint density at radius 3 is 2.49 bits per heavy atom. The van der Waals surface area contributed by atoms with Crippen molar-refractivity contribution < 1.29 is 37.0 Å². The summed E-state index contributed by atoms with van der Waals surface area (Å²) in [5, 5.41) is 16.2. The fourth-order valence-corrected chi connectivity index (χ4v) is 6.09. The molecule has 3 aliphatic heterocycles. The highest BCUT2D eigenvalue weighted by atomic mass is 32.1. The predicted octanol–water partition coefficient (Wildman–Crippen LogP) is 3.18. The van der Waals surface area contributed by atoms with E-state index in [4.69, 9.17) is 4.74 Å². The molecule has 0 bridgehead atoms. The standard InChI is InChI=1S/C28H32F4N6O4S/c1-15-12-38(13-16(2)36(15)3)23-10-20(29)17(26-35-22(14-43-26)27(41)37-4-6-42-7-5-37)8-21(23)34-25(40)18-11-33-24(39)9-19(18)28(30,31)32/h8-11,14-16,24,33,39H,4-7,12-13H2,1-3H3,(H,34,40)/t15-,16+,24?. The minimum absolute atomic E-state index is 0.0157. The van der Waals surface area contributed by atoms with Gasteiger partial charge in [-0.3, -0.25) is 14.5 Å². The average molecular weight is 625 g/mol. The molecule has 1 aromatic carbocycles. The lowest BCUT2D eigenvalue weighted by molar-refractivity contribution is -0.115. The summed E-state index contributed by atoms with van der Waals surface area (Å²) in [6, 6.07) is 2.70. The van der Waals surface area contributed by atoms with Gasteiger partial charge in [0, 0.05) is 61.5 Å². The highest BCUT2D eigenvalue weighted by Crippen LogP contribution is 2.39. The largest absolute Gasteiger partial charge is 0.417 e. The van der Waals surface area contributed by atoms with Crippen LogP contribution >= 0.6 is 11.3 Å². The van der Waals surface area contributed by atoms with Crippen LogP contribution in [0.25, 0.3) is 10.6 Å². The molecule has 0 saturated carbocycles. The topological polar surface area (TPSA) is 110 Å². The average Bonchev–Trinajstić information content (AvgIpc) is 3.46. The third kappa shape index (κ3) is 6.54. The molecular weight excluding hydrogens is 592 g/mol. The van der Waals surface area contributed by atoms with Crippen molar-refractivity contribution in [3.8, 4) is 10.6 Å². The molecule has 0 aliphatic carbocycles. The van der Waals surface area contributed by atoms with E-state index in [1.807, 2.05) is 25.8 Å². The number of hydrogen-bond donors (Lipinski definition) is 3. The van der Waals surface area contributed by atoms with E-state index >= 15 is 4.39 Å². The van der Waals surface area contributed by atoms with Crippen molar-refractivity contribution in [2.24, 2.45) is 0 Å². The second kappa shape index (κ2) is 12.2. The van der Waals surface area contributed by atoms with Crippen molar-refractivity contribution >= 4 is 34.5 Å². The Labute approximate surface area is 249 Å². The van der Waals surface area contributed by atoms with Crippen molar-refractivity contribution in [1.82, 2.24) is 20.1 Å². The number of thiazole rings is 1. The molecule has 232 valence electrons. The third-order valence-electron chi connectivity index (χ3n) is 7.85. The van der Waals surface area contributed by atoms with Crippen LogP contribution in [0, 0.1) is 5.82 Å². The van der Waals surface area contributed by atoms with Crippen LogP contribution in [-0.2, 0) is 9.53 Å². The lowest BCUT2D eigenvalue weighted by atomic mass is 10.0. The number of aliphatic hydroxyl groups is 1. The Kier molecular flexibility index (Phi) is 8.79. The van der Waals surface area contributed by atoms with E-state index in [1.54, 1.807) is 4.90 Å². The van der Waals surface area contributed by atoms with Crippen LogP contribution < -0.4 is 15.5 Å². The number of morpholine rings is 1. The zero-order valence-electron chi connectivity index (χ0n) is 23.7. The number of benzene rings is 1. The summed E-state index contributed by atoms with van der Waals surface area (Å²) in [6.45, 7) is 6.57. The number of anilines is 2. The number of piperazine rings is 1. The number of ether oxygens (including phenoxy) is 1. The van der Waals surface area contributed by atoms with Crippen LogP contribution in [-0.4, -0.2) is 103 Å². The number of nitrogens with one attached hydrogen (secondary N) is 2. The number of carbonyl (C=O) groups excluding carboxylic acids is 2. The summed E-state index contributed by atoms with van der Waals surface area (Å²) in [7, 11) is 1.97. The normalized spacial score (nSPS) is 23.4. The van der Waals surface area contributed by atoms with Crippen LogP contribution in [0.1, 0.15) is 24.3 Å². The molecule has 2 saturated heterocycles. The van der Waals surface area contributed by atoms with Crippen LogP contribution in [0.15, 0.2) is 40.9 Å². The molecule has 3 atom stereocenters. The van der Waals surface area contributed by atoms with Gasteiger partial charge in [0.15, 0.2) is 0 Å². The predicted molar refractivity (Wildman–Crippen MR) is 153 cm³/mol. The van der Waals surface area contributed by atoms with E-state index in [1.165, 1.54) is 17.5 Å². The Hall–Kier alpha value is -3.53. The summed E-state index contributed by atoms with van der Waals surface area (Å²) in [4.78, 5) is 36.2. The number of likely N-dealkylation sites (N-methyl/N-ethyl adjacent to an activating group) is 1. The second-order valence-corrected chi connectivity index (χ2v) is 11.6. The first kappa shape index (κ1) is 30.9. The first-order valence-corrected chi connectivity index (χ1v) is 14.6. The third-order valence-corrected chi connectivity index (χ3v) is 8.72. The molecule has 2 fully saturated rings. The molecule has 3 N–H and O–H groups in total. The smallest absolute Gasteiger partial charge is 0.378 e. The maximum atomic E-state index is 15.8. The van der Waals surface area contributed by atoms with Gasteiger partial charge >= 0.3 is 6.18 Å². The summed E-state index contributed by atoms with van der Waals surface area (Å²) in [6.07, 6.45) is -5.21. The molecule has 1 aromatic heterocycles. The van der Waals surface area contributed by atoms with Crippen LogP contribution in [0.5, 0.6) is 0 Å². The van der Waals surface area contributed by atoms with Gasteiger partial charge in [-0.1, -0.05) is 0 Å². The van der Waals surface area contributed by atoms with Gasteiger partial charge in [-0.15, -0.1) is 11.3 Å². The van der Waals surface area contributed by atoms with Crippen LogP contribution in [0.3, 0.4) is 0 Å². The molecule has 0 radical (unpaired) electrons. The molecule has 2 amide bonds. The molecule has 2 aromatic rings. The summed E-state index contributed by atoms with van der Waals surface area (Å²) < 4.78 is 62.3. The Bertz CT molecular complexity index is 1440. The van der Waals surface area contributed by atoms with Gasteiger partial charge in [-0.2, -0.15) is 13.2 Å². The monoisotopic (exact) mass is 624 g/mol. The van der Waals surface area contributed by atoms with Gasteiger partial charge in [0.2, 0.25) is 0 Å². The molecule has 1 unspecified atom stereocenters. The number of carbonyl (C=O) groups is 2. The first-order valence-electron chi connectivity index (χ1n) is 13.7. The van der Waals surface area contributed by atoms with E-state index in [0.29, 0.717) is 51.2 Å². The first-order chi connectivity index (χ1) is 20.3. The number of aliphatic hydroxyl groups excluding tert-OH is 1. The zero-order chi connectivity index (χ0) is 31.1. The van der Waals surface area contributed by atoms with Crippen molar-refractivity contribution in [2.75, 3.05) is 56.7 Å². The minimum atomic E-state index is -4.91.